The smallest absolute Gasteiger partial charge is 0.253 e. The molecule has 1 saturated heterocycles. The highest BCUT2D eigenvalue weighted by Crippen LogP contribution is 2.22. The Morgan fingerprint density at radius 1 is 1.23 bits per heavy atom. The van der Waals surface area contributed by atoms with Crippen LogP contribution < -0.4 is 10.6 Å². The fraction of sp³-hybridized carbons (Fsp3) is 0.556. The molecule has 8 heteroatoms. The molecular weight excluding hydrogens is 354 g/mol. The van der Waals surface area contributed by atoms with E-state index in [0.717, 1.165) is 6.42 Å². The van der Waals surface area contributed by atoms with Gasteiger partial charge in [-0.2, -0.15) is 0 Å². The van der Waals surface area contributed by atoms with E-state index in [-0.39, 0.29) is 23.8 Å². The number of anilines is 1. The van der Waals surface area contributed by atoms with Gasteiger partial charge in [-0.1, -0.05) is 19.1 Å². The molecule has 7 nitrogen and oxygen atoms in total. The molecule has 0 aliphatic carbocycles. The van der Waals surface area contributed by atoms with Gasteiger partial charge in [0.1, 0.15) is 0 Å². The fourth-order valence-electron chi connectivity index (χ4n) is 2.88. The second-order valence-corrected chi connectivity index (χ2v) is 8.74. The lowest BCUT2D eigenvalue weighted by molar-refractivity contribution is -0.120. The molecule has 0 unspecified atom stereocenters. The van der Waals surface area contributed by atoms with Crippen LogP contribution in [0, 0.1) is 5.92 Å². The monoisotopic (exact) mass is 381 g/mol. The van der Waals surface area contributed by atoms with E-state index < -0.39 is 10.0 Å². The third-order valence-electron chi connectivity index (χ3n) is 4.71. The van der Waals surface area contributed by atoms with Crippen LogP contribution >= 0.6 is 0 Å². The van der Waals surface area contributed by atoms with Gasteiger partial charge in [0, 0.05) is 25.0 Å². The first kappa shape index (κ1) is 20.4. The number of carbonyl (C=O) groups is 2. The van der Waals surface area contributed by atoms with Gasteiger partial charge in [0.05, 0.1) is 17.5 Å². The molecule has 0 spiro atoms. The van der Waals surface area contributed by atoms with Crippen LogP contribution in [0.4, 0.5) is 5.69 Å². The number of sulfonamides is 1. The molecule has 0 aromatic heterocycles. The Morgan fingerprint density at radius 3 is 2.42 bits per heavy atom. The highest BCUT2D eigenvalue weighted by atomic mass is 32.2. The van der Waals surface area contributed by atoms with Crippen molar-refractivity contribution in [1.29, 1.82) is 0 Å². The minimum absolute atomic E-state index is 0.0478. The van der Waals surface area contributed by atoms with Gasteiger partial charge in [-0.3, -0.25) is 9.59 Å². The summed E-state index contributed by atoms with van der Waals surface area (Å²) in [5, 5.41) is 5.74. The first-order valence-corrected chi connectivity index (χ1v) is 10.7. The van der Waals surface area contributed by atoms with Crippen molar-refractivity contribution in [1.82, 2.24) is 9.62 Å². The number of carbonyl (C=O) groups excluding carboxylic acids is 2. The van der Waals surface area contributed by atoms with Crippen LogP contribution in [0.15, 0.2) is 24.3 Å². The van der Waals surface area contributed by atoms with Gasteiger partial charge in [0.25, 0.3) is 5.91 Å². The Kier molecular flexibility index (Phi) is 6.77. The highest BCUT2D eigenvalue weighted by molar-refractivity contribution is 7.88. The van der Waals surface area contributed by atoms with E-state index in [9.17, 15) is 18.0 Å². The van der Waals surface area contributed by atoms with Crippen molar-refractivity contribution in [3.8, 4) is 0 Å². The lowest BCUT2D eigenvalue weighted by Gasteiger charge is -2.29. The molecule has 1 aliphatic rings. The number of para-hydroxylation sites is 1. The quantitative estimate of drug-likeness (QED) is 0.786. The molecule has 144 valence electrons. The first-order valence-electron chi connectivity index (χ1n) is 8.88. The van der Waals surface area contributed by atoms with Crippen LogP contribution in [0.2, 0.25) is 0 Å². The fourth-order valence-corrected chi connectivity index (χ4v) is 3.75. The molecule has 1 heterocycles. The largest absolute Gasteiger partial charge is 0.350 e. The van der Waals surface area contributed by atoms with E-state index in [1.807, 2.05) is 13.8 Å². The number of rotatable bonds is 6. The van der Waals surface area contributed by atoms with Crippen molar-refractivity contribution >= 4 is 27.5 Å². The zero-order valence-electron chi connectivity index (χ0n) is 15.5. The lowest BCUT2D eigenvalue weighted by Crippen LogP contribution is -2.41. The van der Waals surface area contributed by atoms with Crippen LogP contribution in [0.5, 0.6) is 0 Å². The summed E-state index contributed by atoms with van der Waals surface area (Å²) in [6, 6.07) is 6.95. The average Bonchev–Trinajstić information content (AvgIpc) is 2.61. The third-order valence-corrected chi connectivity index (χ3v) is 6.02. The minimum atomic E-state index is -3.22. The molecule has 0 saturated carbocycles. The van der Waals surface area contributed by atoms with E-state index in [4.69, 9.17) is 0 Å². The van der Waals surface area contributed by atoms with Crippen molar-refractivity contribution in [3.05, 3.63) is 29.8 Å². The van der Waals surface area contributed by atoms with Crippen LogP contribution in [-0.2, 0) is 14.8 Å². The lowest BCUT2D eigenvalue weighted by atomic mass is 9.97. The summed E-state index contributed by atoms with van der Waals surface area (Å²) in [6.45, 7) is 4.59. The van der Waals surface area contributed by atoms with Gasteiger partial charge < -0.3 is 10.6 Å². The molecule has 1 aliphatic heterocycles. The Morgan fingerprint density at radius 2 is 1.85 bits per heavy atom. The number of hydrogen-bond donors (Lipinski definition) is 2. The first-order chi connectivity index (χ1) is 12.2. The molecular formula is C18H27N3O4S. The molecule has 2 N–H and O–H groups in total. The summed E-state index contributed by atoms with van der Waals surface area (Å²) in [4.78, 5) is 25.0. The highest BCUT2D eigenvalue weighted by Gasteiger charge is 2.29. The summed E-state index contributed by atoms with van der Waals surface area (Å²) in [5.74, 6) is -0.664. The van der Waals surface area contributed by atoms with E-state index in [1.165, 1.54) is 10.6 Å². The van der Waals surface area contributed by atoms with E-state index in [1.54, 1.807) is 24.3 Å². The Hall–Kier alpha value is -1.93. The number of amides is 2. The standard InChI is InChI=1S/C18H27N3O4S/c1-4-13(2)19-18(23)15-7-5-6-8-16(15)20-17(22)14-9-11-21(12-10-14)26(3,24)25/h5-8,13-14H,4,9-12H2,1-3H3,(H,19,23)(H,20,22)/t13-/m1/s1. The number of hydrogen-bond acceptors (Lipinski definition) is 4. The van der Waals surface area contributed by atoms with Crippen molar-refractivity contribution in [2.45, 2.75) is 39.2 Å². The second-order valence-electron chi connectivity index (χ2n) is 6.75. The van der Waals surface area contributed by atoms with Gasteiger partial charge in [0.2, 0.25) is 15.9 Å². The molecule has 1 fully saturated rings. The Bertz CT molecular complexity index is 755. The van der Waals surface area contributed by atoms with Crippen LogP contribution in [0.1, 0.15) is 43.5 Å². The van der Waals surface area contributed by atoms with Gasteiger partial charge in [-0.25, -0.2) is 12.7 Å². The molecule has 0 radical (unpaired) electrons. The van der Waals surface area contributed by atoms with Crippen molar-refractivity contribution in [2.24, 2.45) is 5.92 Å². The van der Waals surface area contributed by atoms with E-state index in [2.05, 4.69) is 10.6 Å². The summed E-state index contributed by atoms with van der Waals surface area (Å²) < 4.78 is 24.5. The maximum atomic E-state index is 12.6. The average molecular weight is 381 g/mol. The number of nitrogens with zero attached hydrogens (tertiary/aromatic N) is 1. The number of piperidine rings is 1. The number of benzene rings is 1. The molecule has 1 aromatic carbocycles. The van der Waals surface area contributed by atoms with Crippen LogP contribution in [0.25, 0.3) is 0 Å². The summed E-state index contributed by atoms with van der Waals surface area (Å²) in [7, 11) is -3.22. The summed E-state index contributed by atoms with van der Waals surface area (Å²) >= 11 is 0. The topological polar surface area (TPSA) is 95.6 Å². The van der Waals surface area contributed by atoms with Gasteiger partial charge >= 0.3 is 0 Å². The molecule has 1 aromatic rings. The molecule has 26 heavy (non-hydrogen) atoms. The minimum Gasteiger partial charge on any atom is -0.350 e. The van der Waals surface area contributed by atoms with Crippen LogP contribution in [-0.4, -0.2) is 49.9 Å². The summed E-state index contributed by atoms with van der Waals surface area (Å²) in [6.07, 6.45) is 2.94. The normalized spacial score (nSPS) is 17.5. The molecule has 2 rings (SSSR count). The predicted octanol–water partition coefficient (Wildman–Crippen LogP) is 1.83. The summed E-state index contributed by atoms with van der Waals surface area (Å²) in [5.41, 5.74) is 0.901. The maximum Gasteiger partial charge on any atom is 0.253 e. The molecule has 1 atom stereocenters. The Labute approximate surface area is 155 Å². The van der Waals surface area contributed by atoms with Crippen molar-refractivity contribution in [3.63, 3.8) is 0 Å². The Balaban J connectivity index is 2.03. The van der Waals surface area contributed by atoms with Gasteiger partial charge in [0.15, 0.2) is 0 Å². The maximum absolute atomic E-state index is 12.6. The van der Waals surface area contributed by atoms with E-state index >= 15 is 0 Å². The molecule has 2 amide bonds. The zero-order valence-corrected chi connectivity index (χ0v) is 16.3. The third kappa shape index (κ3) is 5.28. The predicted molar refractivity (Wildman–Crippen MR) is 101 cm³/mol. The van der Waals surface area contributed by atoms with Crippen LogP contribution in [0.3, 0.4) is 0 Å². The van der Waals surface area contributed by atoms with Crippen molar-refractivity contribution in [2.75, 3.05) is 24.7 Å². The van der Waals surface area contributed by atoms with E-state index in [0.29, 0.717) is 37.2 Å². The zero-order chi connectivity index (χ0) is 19.3. The SMILES string of the molecule is CC[C@@H](C)NC(=O)c1ccccc1NC(=O)C1CCN(S(C)(=O)=O)CC1. The molecule has 0 bridgehead atoms. The van der Waals surface area contributed by atoms with Crippen molar-refractivity contribution < 1.29 is 18.0 Å². The second kappa shape index (κ2) is 8.64. The van der Waals surface area contributed by atoms with Gasteiger partial charge in [-0.15, -0.1) is 0 Å². The van der Waals surface area contributed by atoms with Gasteiger partial charge in [-0.05, 0) is 38.3 Å². The number of nitrogens with one attached hydrogen (secondary N) is 2.